The topological polar surface area (TPSA) is 83.5 Å². The minimum atomic E-state index is -0.935. The van der Waals surface area contributed by atoms with Gasteiger partial charge < -0.3 is 15.9 Å². The maximum atomic E-state index is 9.60. The Labute approximate surface area is 83.0 Å². The fourth-order valence-corrected chi connectivity index (χ4v) is 0.424. The van der Waals surface area contributed by atoms with Gasteiger partial charge in [0.25, 0.3) is 0 Å². The zero-order chi connectivity index (χ0) is 10.9. The number of aliphatic hydroxyl groups excluding tert-OH is 1. The highest BCUT2D eigenvalue weighted by Gasteiger charge is 1.96. The fourth-order valence-electron chi connectivity index (χ4n) is 0.270. The van der Waals surface area contributed by atoms with Gasteiger partial charge in [-0.2, -0.15) is 0 Å². The number of alkyl halides is 1. The van der Waals surface area contributed by atoms with Crippen LogP contribution in [0.4, 0.5) is 0 Å². The van der Waals surface area contributed by atoms with Crippen molar-refractivity contribution in [2.45, 2.75) is 19.4 Å². The van der Waals surface area contributed by atoms with Crippen molar-refractivity contribution in [1.82, 2.24) is 0 Å². The molecule has 0 rings (SSSR count). The van der Waals surface area contributed by atoms with Gasteiger partial charge in [0, 0.05) is 11.5 Å². The van der Waals surface area contributed by atoms with E-state index in [9.17, 15) is 4.79 Å². The summed E-state index contributed by atoms with van der Waals surface area (Å²) in [6, 6.07) is 0. The zero-order valence-corrected chi connectivity index (χ0v) is 8.42. The first-order valence-corrected chi connectivity index (χ1v) is 4.32. The minimum absolute atomic E-state index is 0.176. The van der Waals surface area contributed by atoms with Crippen LogP contribution in [0, 0.1) is 0 Å². The molecule has 0 spiro atoms. The second kappa shape index (κ2) is 9.51. The molecule has 5 heteroatoms. The van der Waals surface area contributed by atoms with Crippen LogP contribution in [0.3, 0.4) is 0 Å². The van der Waals surface area contributed by atoms with Gasteiger partial charge in [0.05, 0.1) is 6.10 Å². The minimum Gasteiger partial charge on any atom is -0.478 e. The number of carboxylic acids is 1. The quantitative estimate of drug-likeness (QED) is 0.467. The van der Waals surface area contributed by atoms with Gasteiger partial charge in [-0.3, -0.25) is 0 Å². The molecular weight excluding hydrogens is 194 g/mol. The molecule has 78 valence electrons. The van der Waals surface area contributed by atoms with Gasteiger partial charge in [-0.15, -0.1) is 11.6 Å². The molecule has 0 aromatic rings. The molecule has 0 radical (unpaired) electrons. The maximum Gasteiger partial charge on any atom is 0.330 e. The number of aliphatic carboxylic acids is 1. The van der Waals surface area contributed by atoms with Crippen LogP contribution in [0.15, 0.2) is 12.2 Å². The van der Waals surface area contributed by atoms with E-state index in [4.69, 9.17) is 27.5 Å². The fraction of sp³-hybridized carbons (Fsp3) is 0.625. The summed E-state index contributed by atoms with van der Waals surface area (Å²) in [6.07, 6.45) is 0.190. The number of nitrogens with two attached hydrogens (primary N) is 1. The van der Waals surface area contributed by atoms with E-state index in [0.29, 0.717) is 13.0 Å². The largest absolute Gasteiger partial charge is 0.478 e. The molecule has 1 unspecified atom stereocenters. The van der Waals surface area contributed by atoms with Crippen LogP contribution in [-0.4, -0.2) is 34.7 Å². The zero-order valence-electron chi connectivity index (χ0n) is 7.66. The van der Waals surface area contributed by atoms with Crippen LogP contribution < -0.4 is 5.73 Å². The van der Waals surface area contributed by atoms with Gasteiger partial charge in [-0.1, -0.05) is 6.58 Å². The van der Waals surface area contributed by atoms with E-state index < -0.39 is 12.1 Å². The molecule has 0 aliphatic carbocycles. The van der Waals surface area contributed by atoms with Crippen LogP contribution >= 0.6 is 11.6 Å². The number of aliphatic hydroxyl groups is 1. The Morgan fingerprint density at radius 1 is 1.69 bits per heavy atom. The van der Waals surface area contributed by atoms with Crippen molar-refractivity contribution in [2.24, 2.45) is 5.73 Å². The average molecular weight is 210 g/mol. The number of carboxylic acid groups (broad SMARTS) is 1. The molecule has 0 aliphatic rings. The van der Waals surface area contributed by atoms with Crippen molar-refractivity contribution in [1.29, 1.82) is 0 Å². The Bertz CT molecular complexity index is 149. The predicted molar refractivity (Wildman–Crippen MR) is 52.8 cm³/mol. The molecule has 0 aromatic heterocycles. The van der Waals surface area contributed by atoms with Crippen molar-refractivity contribution in [3.63, 3.8) is 0 Å². The van der Waals surface area contributed by atoms with Gasteiger partial charge in [0.15, 0.2) is 0 Å². The van der Waals surface area contributed by atoms with Crippen molar-refractivity contribution in [3.8, 4) is 0 Å². The second-order valence-electron chi connectivity index (χ2n) is 2.47. The highest BCUT2D eigenvalue weighted by Crippen LogP contribution is 1.90. The standard InChI is InChI=1S/C4H10ClNO.C4H6O2/c5-3-4(7)1-2-6;1-3(2)4(5)6/h4,7H,1-3,6H2;1H2,2H3,(H,5,6). The van der Waals surface area contributed by atoms with E-state index in [1.807, 2.05) is 0 Å². The van der Waals surface area contributed by atoms with Crippen molar-refractivity contribution >= 4 is 17.6 Å². The Balaban J connectivity index is 0. The van der Waals surface area contributed by atoms with Crippen LogP contribution in [0.1, 0.15) is 13.3 Å². The number of carbonyl (C=O) groups is 1. The van der Waals surface area contributed by atoms with Crippen LogP contribution in [0.25, 0.3) is 0 Å². The lowest BCUT2D eigenvalue weighted by Gasteiger charge is -2.00. The third-order valence-electron chi connectivity index (χ3n) is 1.04. The molecule has 1 atom stereocenters. The third kappa shape index (κ3) is 14.3. The summed E-state index contributed by atoms with van der Waals surface area (Å²) in [7, 11) is 0. The first kappa shape index (κ1) is 14.9. The molecule has 4 N–H and O–H groups in total. The van der Waals surface area contributed by atoms with Gasteiger partial charge >= 0.3 is 5.97 Å². The van der Waals surface area contributed by atoms with Crippen molar-refractivity contribution in [3.05, 3.63) is 12.2 Å². The first-order valence-electron chi connectivity index (χ1n) is 3.78. The lowest BCUT2D eigenvalue weighted by atomic mass is 10.3. The monoisotopic (exact) mass is 209 g/mol. The van der Waals surface area contributed by atoms with Crippen LogP contribution in [0.2, 0.25) is 0 Å². The maximum absolute atomic E-state index is 9.60. The highest BCUT2D eigenvalue weighted by molar-refractivity contribution is 6.18. The molecule has 4 nitrogen and oxygen atoms in total. The van der Waals surface area contributed by atoms with Gasteiger partial charge in [0.2, 0.25) is 0 Å². The molecule has 0 saturated heterocycles. The Kier molecular flexibility index (Phi) is 10.9. The molecular formula is C8H16ClNO3. The molecule has 0 aliphatic heterocycles. The second-order valence-corrected chi connectivity index (χ2v) is 2.78. The SMILES string of the molecule is C=C(C)C(=O)O.NCCC(O)CCl. The van der Waals surface area contributed by atoms with Crippen LogP contribution in [0.5, 0.6) is 0 Å². The number of hydrogen-bond donors (Lipinski definition) is 3. The summed E-state index contributed by atoms with van der Waals surface area (Å²) in [4.78, 5) is 9.60. The van der Waals surface area contributed by atoms with Gasteiger partial charge in [0.1, 0.15) is 0 Å². The van der Waals surface area contributed by atoms with E-state index in [0.717, 1.165) is 0 Å². The summed E-state index contributed by atoms with van der Waals surface area (Å²) < 4.78 is 0. The van der Waals surface area contributed by atoms with E-state index >= 15 is 0 Å². The lowest BCUT2D eigenvalue weighted by Crippen LogP contribution is -2.14. The molecule has 0 amide bonds. The van der Waals surface area contributed by atoms with Crippen molar-refractivity contribution < 1.29 is 15.0 Å². The molecule has 0 heterocycles. The Hall–Kier alpha value is -0.580. The smallest absolute Gasteiger partial charge is 0.330 e. The van der Waals surface area contributed by atoms with E-state index in [-0.39, 0.29) is 11.5 Å². The molecule has 13 heavy (non-hydrogen) atoms. The Morgan fingerprint density at radius 3 is 2.15 bits per heavy atom. The molecule has 0 aromatic carbocycles. The molecule has 0 saturated carbocycles. The summed E-state index contributed by atoms with van der Waals surface area (Å²) in [5.74, 6) is -0.646. The average Bonchev–Trinajstić information content (AvgIpc) is 2.05. The number of halogens is 1. The van der Waals surface area contributed by atoms with Crippen molar-refractivity contribution in [2.75, 3.05) is 12.4 Å². The Morgan fingerprint density at radius 2 is 2.08 bits per heavy atom. The summed E-state index contributed by atoms with van der Waals surface area (Å²) in [6.45, 7) is 5.11. The van der Waals surface area contributed by atoms with Gasteiger partial charge in [-0.05, 0) is 19.9 Å². The van der Waals surface area contributed by atoms with E-state index in [1.165, 1.54) is 6.92 Å². The highest BCUT2D eigenvalue weighted by atomic mass is 35.5. The van der Waals surface area contributed by atoms with E-state index in [1.54, 1.807) is 0 Å². The predicted octanol–water partition coefficient (Wildman–Crippen LogP) is 0.582. The first-order chi connectivity index (χ1) is 5.95. The summed E-state index contributed by atoms with van der Waals surface area (Å²) >= 11 is 5.23. The van der Waals surface area contributed by atoms with Gasteiger partial charge in [-0.25, -0.2) is 4.79 Å². The lowest BCUT2D eigenvalue weighted by molar-refractivity contribution is -0.132. The number of hydrogen-bond acceptors (Lipinski definition) is 3. The summed E-state index contributed by atoms with van der Waals surface area (Å²) in [5.41, 5.74) is 5.26. The number of rotatable bonds is 4. The third-order valence-corrected chi connectivity index (χ3v) is 1.40. The molecule has 0 fully saturated rings. The molecule has 0 bridgehead atoms. The summed E-state index contributed by atoms with van der Waals surface area (Å²) in [5, 5.41) is 16.5. The van der Waals surface area contributed by atoms with Crippen LogP contribution in [-0.2, 0) is 4.79 Å². The normalized spacial score (nSPS) is 11.1. The van der Waals surface area contributed by atoms with E-state index in [2.05, 4.69) is 6.58 Å².